The Balaban J connectivity index is 2.33. The lowest BCUT2D eigenvalue weighted by atomic mass is 10.2. The molecule has 1 aromatic heterocycles. The molecule has 1 heterocycles. The van der Waals surface area contributed by atoms with Crippen LogP contribution in [0.5, 0.6) is 0 Å². The van der Waals surface area contributed by atoms with Crippen LogP contribution in [-0.2, 0) is 6.42 Å². The van der Waals surface area contributed by atoms with Gasteiger partial charge in [-0.25, -0.2) is 4.98 Å². The zero-order chi connectivity index (χ0) is 15.0. The molecular formula is C16H13Cl3N2. The van der Waals surface area contributed by atoms with Crippen molar-refractivity contribution in [1.29, 1.82) is 0 Å². The summed E-state index contributed by atoms with van der Waals surface area (Å²) >= 11 is 18.6. The number of benzene rings is 2. The van der Waals surface area contributed by atoms with E-state index in [1.165, 1.54) is 0 Å². The van der Waals surface area contributed by atoms with E-state index in [0.717, 1.165) is 28.1 Å². The van der Waals surface area contributed by atoms with Gasteiger partial charge in [0.15, 0.2) is 0 Å². The van der Waals surface area contributed by atoms with Gasteiger partial charge in [0.1, 0.15) is 11.3 Å². The third-order valence-electron chi connectivity index (χ3n) is 3.37. The molecule has 3 aromatic rings. The van der Waals surface area contributed by atoms with Gasteiger partial charge >= 0.3 is 0 Å². The fourth-order valence-corrected chi connectivity index (χ4v) is 3.13. The summed E-state index contributed by atoms with van der Waals surface area (Å²) in [6.07, 6.45) is 0.650. The number of aromatic nitrogens is 2. The number of halogens is 3. The first-order valence-corrected chi connectivity index (χ1v) is 7.89. The van der Waals surface area contributed by atoms with Crippen LogP contribution in [0.15, 0.2) is 36.4 Å². The van der Waals surface area contributed by atoms with Crippen LogP contribution >= 0.6 is 34.8 Å². The van der Waals surface area contributed by atoms with Gasteiger partial charge in [-0.1, -0.05) is 35.3 Å². The van der Waals surface area contributed by atoms with E-state index in [-0.39, 0.29) is 0 Å². The summed E-state index contributed by atoms with van der Waals surface area (Å²) in [5, 5.41) is 1.32. The highest BCUT2D eigenvalue weighted by Gasteiger charge is 2.15. The molecule has 0 fully saturated rings. The van der Waals surface area contributed by atoms with Gasteiger partial charge in [0.05, 0.1) is 21.2 Å². The maximum atomic E-state index is 6.42. The fourth-order valence-electron chi connectivity index (χ4n) is 2.43. The minimum atomic E-state index is 0.490. The van der Waals surface area contributed by atoms with Gasteiger partial charge in [-0.05, 0) is 36.8 Å². The van der Waals surface area contributed by atoms with Gasteiger partial charge < -0.3 is 0 Å². The van der Waals surface area contributed by atoms with Crippen molar-refractivity contribution < 1.29 is 0 Å². The zero-order valence-electron chi connectivity index (χ0n) is 11.4. The van der Waals surface area contributed by atoms with E-state index in [2.05, 4.69) is 4.98 Å². The number of nitrogens with zero attached hydrogens (tertiary/aromatic N) is 2. The quantitative estimate of drug-likeness (QED) is 0.582. The molecule has 0 saturated heterocycles. The number of hydrogen-bond donors (Lipinski definition) is 0. The first-order chi connectivity index (χ1) is 10.1. The number of imidazole rings is 1. The molecule has 0 aliphatic heterocycles. The molecule has 108 valence electrons. The molecule has 0 amide bonds. The second-order valence-corrected chi connectivity index (χ2v) is 6.06. The van der Waals surface area contributed by atoms with E-state index in [9.17, 15) is 0 Å². The normalized spacial score (nSPS) is 11.2. The summed E-state index contributed by atoms with van der Waals surface area (Å²) in [4.78, 5) is 4.63. The van der Waals surface area contributed by atoms with E-state index in [4.69, 9.17) is 34.8 Å². The van der Waals surface area contributed by atoms with E-state index >= 15 is 0 Å². The van der Waals surface area contributed by atoms with Crippen LogP contribution in [-0.4, -0.2) is 15.4 Å². The lowest BCUT2D eigenvalue weighted by molar-refractivity contribution is 0.912. The molecule has 0 saturated carbocycles. The largest absolute Gasteiger partial charge is 0.295 e. The molecule has 0 atom stereocenters. The first kappa shape index (κ1) is 14.7. The van der Waals surface area contributed by atoms with Crippen molar-refractivity contribution in [1.82, 2.24) is 9.55 Å². The molecule has 0 spiro atoms. The Bertz CT molecular complexity index is 809. The van der Waals surface area contributed by atoms with E-state index < -0.39 is 0 Å². The standard InChI is InChI=1S/C16H13Cl3N2/c1-10-5-6-13(12(19)9-10)21-14-4-2-3-11(18)16(14)20-15(21)7-8-17/h2-6,9H,7-8H2,1H3. The van der Waals surface area contributed by atoms with Crippen molar-refractivity contribution >= 4 is 45.8 Å². The number of alkyl halides is 1. The number of fused-ring (bicyclic) bond motifs is 1. The monoisotopic (exact) mass is 338 g/mol. The number of rotatable bonds is 3. The Labute approximate surface area is 138 Å². The number of hydrogen-bond acceptors (Lipinski definition) is 1. The minimum Gasteiger partial charge on any atom is -0.295 e. The molecule has 0 aliphatic rings. The van der Waals surface area contributed by atoms with E-state index in [0.29, 0.717) is 22.3 Å². The zero-order valence-corrected chi connectivity index (χ0v) is 13.7. The van der Waals surface area contributed by atoms with Crippen molar-refractivity contribution in [3.63, 3.8) is 0 Å². The molecule has 0 bridgehead atoms. The molecular weight excluding hydrogens is 327 g/mol. The lowest BCUT2D eigenvalue weighted by Gasteiger charge is -2.11. The summed E-state index contributed by atoms with van der Waals surface area (Å²) in [7, 11) is 0. The summed E-state index contributed by atoms with van der Waals surface area (Å²) in [5.41, 5.74) is 3.72. The van der Waals surface area contributed by atoms with Crippen molar-refractivity contribution in [3.8, 4) is 5.69 Å². The molecule has 0 radical (unpaired) electrons. The molecule has 0 aliphatic carbocycles. The smallest absolute Gasteiger partial charge is 0.115 e. The molecule has 5 heteroatoms. The number of aryl methyl sites for hydroxylation is 2. The molecule has 2 nitrogen and oxygen atoms in total. The topological polar surface area (TPSA) is 17.8 Å². The molecule has 21 heavy (non-hydrogen) atoms. The summed E-state index contributed by atoms with van der Waals surface area (Å²) in [5.74, 6) is 1.35. The van der Waals surface area contributed by atoms with Crippen LogP contribution in [0.2, 0.25) is 10.0 Å². The van der Waals surface area contributed by atoms with E-state index in [1.54, 1.807) is 0 Å². The van der Waals surface area contributed by atoms with Crippen molar-refractivity contribution in [2.45, 2.75) is 13.3 Å². The Morgan fingerprint density at radius 2 is 1.90 bits per heavy atom. The van der Waals surface area contributed by atoms with Crippen LogP contribution < -0.4 is 0 Å². The second kappa shape index (κ2) is 5.88. The maximum Gasteiger partial charge on any atom is 0.115 e. The van der Waals surface area contributed by atoms with Crippen LogP contribution in [0, 0.1) is 6.92 Å². The molecule has 3 rings (SSSR count). The second-order valence-electron chi connectivity index (χ2n) is 4.86. The predicted molar refractivity (Wildman–Crippen MR) is 90.3 cm³/mol. The van der Waals surface area contributed by atoms with Crippen LogP contribution in [0.25, 0.3) is 16.7 Å². The van der Waals surface area contributed by atoms with Gasteiger partial charge in [0, 0.05) is 12.3 Å². The van der Waals surface area contributed by atoms with Gasteiger partial charge in [0.2, 0.25) is 0 Å². The Hall–Kier alpha value is -1.22. The van der Waals surface area contributed by atoms with Crippen molar-refractivity contribution in [2.24, 2.45) is 0 Å². The molecule has 2 aromatic carbocycles. The number of para-hydroxylation sites is 1. The third-order valence-corrected chi connectivity index (χ3v) is 4.16. The highest BCUT2D eigenvalue weighted by atomic mass is 35.5. The minimum absolute atomic E-state index is 0.490. The maximum absolute atomic E-state index is 6.42. The predicted octanol–water partition coefficient (Wildman–Crippen LogP) is 5.42. The highest BCUT2D eigenvalue weighted by molar-refractivity contribution is 6.35. The summed E-state index contributed by atoms with van der Waals surface area (Å²) in [6, 6.07) is 11.7. The van der Waals surface area contributed by atoms with Gasteiger partial charge in [0.25, 0.3) is 0 Å². The first-order valence-electron chi connectivity index (χ1n) is 6.60. The Kier molecular flexibility index (Phi) is 4.12. The van der Waals surface area contributed by atoms with Gasteiger partial charge in [-0.15, -0.1) is 11.6 Å². The van der Waals surface area contributed by atoms with Crippen LogP contribution in [0.1, 0.15) is 11.4 Å². The fraction of sp³-hybridized carbons (Fsp3) is 0.188. The van der Waals surface area contributed by atoms with E-state index in [1.807, 2.05) is 47.9 Å². The lowest BCUT2D eigenvalue weighted by Crippen LogP contribution is -2.03. The Morgan fingerprint density at radius 1 is 1.10 bits per heavy atom. The molecule has 0 unspecified atom stereocenters. The Morgan fingerprint density at radius 3 is 2.62 bits per heavy atom. The SMILES string of the molecule is Cc1ccc(-n2c(CCCl)nc3c(Cl)cccc32)c(Cl)c1. The van der Waals surface area contributed by atoms with Crippen molar-refractivity contribution in [3.05, 3.63) is 57.8 Å². The average Bonchev–Trinajstić information content (AvgIpc) is 2.79. The van der Waals surface area contributed by atoms with Crippen LogP contribution in [0.3, 0.4) is 0 Å². The summed E-state index contributed by atoms with van der Waals surface area (Å²) in [6.45, 7) is 2.01. The average molecular weight is 340 g/mol. The van der Waals surface area contributed by atoms with Crippen molar-refractivity contribution in [2.75, 3.05) is 5.88 Å². The van der Waals surface area contributed by atoms with Gasteiger partial charge in [-0.3, -0.25) is 4.57 Å². The van der Waals surface area contributed by atoms with Gasteiger partial charge in [-0.2, -0.15) is 0 Å². The highest BCUT2D eigenvalue weighted by Crippen LogP contribution is 2.30. The van der Waals surface area contributed by atoms with Crippen LogP contribution in [0.4, 0.5) is 0 Å². The molecule has 0 N–H and O–H groups in total. The third kappa shape index (κ3) is 2.64. The summed E-state index contributed by atoms with van der Waals surface area (Å²) < 4.78 is 2.03.